The lowest BCUT2D eigenvalue weighted by Gasteiger charge is -2.33. The largest absolute Gasteiger partial charge is 0.444 e. The molecule has 0 spiro atoms. The van der Waals surface area contributed by atoms with Gasteiger partial charge in [0.2, 0.25) is 0 Å². The zero-order valence-electron chi connectivity index (χ0n) is 18.1. The maximum atomic E-state index is 12.2. The average Bonchev–Trinajstić information content (AvgIpc) is 3.06. The van der Waals surface area contributed by atoms with Crippen molar-refractivity contribution in [2.24, 2.45) is 0 Å². The van der Waals surface area contributed by atoms with Crippen LogP contribution < -0.4 is 5.32 Å². The highest BCUT2D eigenvalue weighted by Gasteiger charge is 2.26. The number of carbonyl (C=O) groups excluding carboxylic acids is 1. The summed E-state index contributed by atoms with van der Waals surface area (Å²) in [7, 11) is 0. The molecule has 1 aliphatic heterocycles. The highest BCUT2D eigenvalue weighted by molar-refractivity contribution is 7.15. The number of piperidine rings is 1. The number of amides is 1. The number of nitrogens with zero attached hydrogens (tertiary/aromatic N) is 3. The van der Waals surface area contributed by atoms with Crippen molar-refractivity contribution in [3.8, 4) is 10.6 Å². The number of carbonyl (C=O) groups is 1. The van der Waals surface area contributed by atoms with Gasteiger partial charge in [-0.25, -0.2) is 9.78 Å². The van der Waals surface area contributed by atoms with E-state index in [2.05, 4.69) is 30.2 Å². The number of aryl methyl sites for hydroxylation is 2. The van der Waals surface area contributed by atoms with Crippen molar-refractivity contribution < 1.29 is 9.53 Å². The van der Waals surface area contributed by atoms with Gasteiger partial charge in [-0.05, 0) is 59.1 Å². The highest BCUT2D eigenvalue weighted by Crippen LogP contribution is 2.28. The van der Waals surface area contributed by atoms with E-state index in [1.807, 2.05) is 37.9 Å². The first-order valence-corrected chi connectivity index (χ1v) is 11.2. The number of pyridine rings is 1. The van der Waals surface area contributed by atoms with Crippen LogP contribution in [0, 0.1) is 6.92 Å². The van der Waals surface area contributed by atoms with Gasteiger partial charge >= 0.3 is 6.09 Å². The Morgan fingerprint density at radius 2 is 2.07 bits per heavy atom. The molecule has 0 unspecified atom stereocenters. The van der Waals surface area contributed by atoms with E-state index in [4.69, 9.17) is 9.72 Å². The molecule has 1 aliphatic rings. The van der Waals surface area contributed by atoms with Gasteiger partial charge in [-0.1, -0.05) is 6.92 Å². The predicted octanol–water partition coefficient (Wildman–Crippen LogP) is 4.57. The lowest BCUT2D eigenvalue weighted by atomic mass is 10.1. The lowest BCUT2D eigenvalue weighted by Crippen LogP contribution is -2.46. The molecule has 29 heavy (non-hydrogen) atoms. The van der Waals surface area contributed by atoms with E-state index in [1.165, 1.54) is 4.88 Å². The Balaban J connectivity index is 1.52. The minimum Gasteiger partial charge on any atom is -0.444 e. The Morgan fingerprint density at radius 1 is 1.34 bits per heavy atom. The fourth-order valence-corrected chi connectivity index (χ4v) is 4.36. The summed E-state index contributed by atoms with van der Waals surface area (Å²) in [5.41, 5.74) is 2.87. The van der Waals surface area contributed by atoms with Crippen molar-refractivity contribution in [3.05, 3.63) is 34.6 Å². The number of hydrogen-bond donors (Lipinski definition) is 1. The van der Waals surface area contributed by atoms with Crippen LogP contribution in [0.3, 0.4) is 0 Å². The Bertz CT molecular complexity index is 836. The number of nitrogens with one attached hydrogen (secondary N) is 1. The summed E-state index contributed by atoms with van der Waals surface area (Å²) in [6.45, 7) is 12.2. The van der Waals surface area contributed by atoms with E-state index < -0.39 is 5.60 Å². The van der Waals surface area contributed by atoms with Crippen molar-refractivity contribution >= 4 is 17.4 Å². The molecule has 1 amide bonds. The van der Waals surface area contributed by atoms with E-state index >= 15 is 0 Å². The van der Waals surface area contributed by atoms with Crippen LogP contribution in [-0.4, -0.2) is 45.7 Å². The Morgan fingerprint density at radius 3 is 2.72 bits per heavy atom. The fraction of sp³-hybridized carbons (Fsp3) is 0.591. The van der Waals surface area contributed by atoms with Gasteiger partial charge in [0.25, 0.3) is 0 Å². The van der Waals surface area contributed by atoms with Gasteiger partial charge in [-0.2, -0.15) is 0 Å². The quantitative estimate of drug-likeness (QED) is 0.774. The third-order valence-electron chi connectivity index (χ3n) is 5.02. The van der Waals surface area contributed by atoms with E-state index in [0.717, 1.165) is 60.9 Å². The maximum absolute atomic E-state index is 12.2. The van der Waals surface area contributed by atoms with Crippen molar-refractivity contribution in [1.82, 2.24) is 20.2 Å². The monoisotopic (exact) mass is 416 g/mol. The summed E-state index contributed by atoms with van der Waals surface area (Å²) < 4.78 is 5.47. The second-order valence-electron chi connectivity index (χ2n) is 8.54. The SMILES string of the molecule is CCc1cc(-c2nc(C)c(CNC3CCN(C(=O)OC(C)(C)C)CC3)s2)ccn1. The van der Waals surface area contributed by atoms with Crippen molar-refractivity contribution in [1.29, 1.82) is 0 Å². The molecule has 1 fully saturated rings. The smallest absolute Gasteiger partial charge is 0.410 e. The molecule has 6 nitrogen and oxygen atoms in total. The van der Waals surface area contributed by atoms with Gasteiger partial charge in [0.05, 0.1) is 5.69 Å². The summed E-state index contributed by atoms with van der Waals surface area (Å²) in [5.74, 6) is 0. The van der Waals surface area contributed by atoms with Crippen LogP contribution in [0.2, 0.25) is 0 Å². The van der Waals surface area contributed by atoms with E-state index in [-0.39, 0.29) is 6.09 Å². The van der Waals surface area contributed by atoms with Gasteiger partial charge in [-0.3, -0.25) is 4.98 Å². The topological polar surface area (TPSA) is 67.4 Å². The molecule has 158 valence electrons. The molecule has 7 heteroatoms. The predicted molar refractivity (Wildman–Crippen MR) is 117 cm³/mol. The third kappa shape index (κ3) is 6.00. The van der Waals surface area contributed by atoms with Crippen LogP contribution in [0.4, 0.5) is 4.79 Å². The summed E-state index contributed by atoms with van der Waals surface area (Å²) >= 11 is 1.75. The normalized spacial score (nSPS) is 15.6. The molecule has 0 aliphatic carbocycles. The molecule has 1 N–H and O–H groups in total. The van der Waals surface area contributed by atoms with E-state index in [1.54, 1.807) is 11.3 Å². The van der Waals surface area contributed by atoms with Gasteiger partial charge in [0.1, 0.15) is 10.6 Å². The first kappa shape index (κ1) is 21.7. The number of thiazole rings is 1. The summed E-state index contributed by atoms with van der Waals surface area (Å²) in [6.07, 6.45) is 4.46. The van der Waals surface area contributed by atoms with Crippen LogP contribution in [0.1, 0.15) is 56.8 Å². The molecule has 2 aromatic rings. The molecule has 3 heterocycles. The molecule has 0 aromatic carbocycles. The van der Waals surface area contributed by atoms with Crippen LogP contribution in [0.15, 0.2) is 18.3 Å². The van der Waals surface area contributed by atoms with Crippen molar-refractivity contribution in [2.45, 2.75) is 72.1 Å². The Labute approximate surface area is 177 Å². The lowest BCUT2D eigenvalue weighted by molar-refractivity contribution is 0.0198. The molecule has 0 radical (unpaired) electrons. The average molecular weight is 417 g/mol. The third-order valence-corrected chi connectivity index (χ3v) is 6.22. The van der Waals surface area contributed by atoms with Crippen LogP contribution >= 0.6 is 11.3 Å². The number of hydrogen-bond acceptors (Lipinski definition) is 6. The standard InChI is InChI=1S/C22H32N4O2S/c1-6-17-13-16(7-10-23-17)20-25-15(2)19(29-20)14-24-18-8-11-26(12-9-18)21(27)28-22(3,4)5/h7,10,13,18,24H,6,8-9,11-12,14H2,1-5H3. The molecule has 0 atom stereocenters. The highest BCUT2D eigenvalue weighted by atomic mass is 32.1. The molecule has 2 aromatic heterocycles. The molecular formula is C22H32N4O2S. The Kier molecular flexibility index (Phi) is 6.90. The minimum atomic E-state index is -0.444. The van der Waals surface area contributed by atoms with E-state index in [9.17, 15) is 4.79 Å². The zero-order valence-corrected chi connectivity index (χ0v) is 18.9. The zero-order chi connectivity index (χ0) is 21.0. The van der Waals surface area contributed by atoms with Gasteiger partial charge in [-0.15, -0.1) is 11.3 Å². The second-order valence-corrected chi connectivity index (χ2v) is 9.62. The number of rotatable bonds is 5. The fourth-order valence-electron chi connectivity index (χ4n) is 3.35. The maximum Gasteiger partial charge on any atom is 0.410 e. The number of aromatic nitrogens is 2. The van der Waals surface area contributed by atoms with Crippen molar-refractivity contribution in [3.63, 3.8) is 0 Å². The number of likely N-dealkylation sites (tertiary alicyclic amines) is 1. The molecule has 3 rings (SSSR count). The summed E-state index contributed by atoms with van der Waals surface area (Å²) in [6, 6.07) is 4.56. The van der Waals surface area contributed by atoms with Crippen LogP contribution in [-0.2, 0) is 17.7 Å². The molecular weight excluding hydrogens is 384 g/mol. The number of ether oxygens (including phenoxy) is 1. The van der Waals surface area contributed by atoms with Gasteiger partial charge in [0.15, 0.2) is 0 Å². The molecule has 0 bridgehead atoms. The summed E-state index contributed by atoms with van der Waals surface area (Å²) in [5, 5.41) is 4.71. The first-order valence-electron chi connectivity index (χ1n) is 10.4. The van der Waals surface area contributed by atoms with Crippen LogP contribution in [0.25, 0.3) is 10.6 Å². The van der Waals surface area contributed by atoms with Crippen LogP contribution in [0.5, 0.6) is 0 Å². The minimum absolute atomic E-state index is 0.206. The Hall–Kier alpha value is -1.99. The first-order chi connectivity index (χ1) is 13.7. The summed E-state index contributed by atoms with van der Waals surface area (Å²) in [4.78, 5) is 24.4. The molecule has 1 saturated heterocycles. The second kappa shape index (κ2) is 9.22. The van der Waals surface area contributed by atoms with Gasteiger partial charge in [0, 0.05) is 48.0 Å². The molecule has 0 saturated carbocycles. The van der Waals surface area contributed by atoms with E-state index in [0.29, 0.717) is 6.04 Å². The van der Waals surface area contributed by atoms with Crippen molar-refractivity contribution in [2.75, 3.05) is 13.1 Å². The van der Waals surface area contributed by atoms with Gasteiger partial charge < -0.3 is 15.0 Å².